The molecule has 0 aliphatic carbocycles. The molecule has 0 fully saturated rings. The van der Waals surface area contributed by atoms with E-state index < -0.39 is 0 Å². The predicted octanol–water partition coefficient (Wildman–Crippen LogP) is 3.17. The second-order valence-corrected chi connectivity index (χ2v) is 4.11. The molecule has 3 nitrogen and oxygen atoms in total. The molecule has 2 aromatic rings. The van der Waals surface area contributed by atoms with Crippen LogP contribution in [0.15, 0.2) is 34.7 Å². The highest BCUT2D eigenvalue weighted by molar-refractivity contribution is 5.78. The van der Waals surface area contributed by atoms with E-state index in [4.69, 9.17) is 9.15 Å². The quantitative estimate of drug-likeness (QED) is 0.760. The van der Waals surface area contributed by atoms with Crippen LogP contribution in [0, 0.1) is 5.92 Å². The Hall–Kier alpha value is -1.77. The fourth-order valence-electron chi connectivity index (χ4n) is 1.81. The monoisotopic (exact) mass is 232 g/mol. The van der Waals surface area contributed by atoms with Gasteiger partial charge in [0, 0.05) is 11.8 Å². The number of ether oxygens (including phenoxy) is 1. The van der Waals surface area contributed by atoms with E-state index >= 15 is 0 Å². The molecule has 1 aromatic heterocycles. The van der Waals surface area contributed by atoms with Crippen LogP contribution < -0.4 is 0 Å². The first-order valence-electron chi connectivity index (χ1n) is 5.84. The zero-order valence-corrected chi connectivity index (χ0v) is 10.1. The fraction of sp³-hybridized carbons (Fsp3) is 0.357. The highest BCUT2D eigenvalue weighted by atomic mass is 16.5. The molecule has 2 rings (SSSR count). The van der Waals surface area contributed by atoms with Gasteiger partial charge in [-0.2, -0.15) is 0 Å². The lowest BCUT2D eigenvalue weighted by molar-refractivity contribution is -0.147. The largest absolute Gasteiger partial charge is 0.466 e. The molecule has 0 amide bonds. The van der Waals surface area contributed by atoms with Crippen LogP contribution in [0.5, 0.6) is 0 Å². The number of hydrogen-bond acceptors (Lipinski definition) is 3. The Morgan fingerprint density at radius 2 is 2.18 bits per heavy atom. The summed E-state index contributed by atoms with van der Waals surface area (Å²) in [5.74, 6) is 0.482. The average molecular weight is 232 g/mol. The lowest BCUT2D eigenvalue weighted by Gasteiger charge is -2.07. The molecule has 0 bridgehead atoms. The van der Waals surface area contributed by atoms with Crippen molar-refractivity contribution in [3.63, 3.8) is 0 Å². The summed E-state index contributed by atoms with van der Waals surface area (Å²) in [6.07, 6.45) is 0.577. The zero-order valence-electron chi connectivity index (χ0n) is 10.1. The molecule has 0 saturated carbocycles. The topological polar surface area (TPSA) is 39.4 Å². The van der Waals surface area contributed by atoms with Crippen LogP contribution in [0.3, 0.4) is 0 Å². The third-order valence-corrected chi connectivity index (χ3v) is 2.67. The summed E-state index contributed by atoms with van der Waals surface area (Å²) < 4.78 is 10.6. The molecule has 0 saturated heterocycles. The van der Waals surface area contributed by atoms with Gasteiger partial charge in [-0.1, -0.05) is 25.1 Å². The van der Waals surface area contributed by atoms with Gasteiger partial charge in [0.1, 0.15) is 11.3 Å². The number of rotatable bonds is 4. The van der Waals surface area contributed by atoms with Crippen LogP contribution in [0.1, 0.15) is 19.6 Å². The van der Waals surface area contributed by atoms with Crippen molar-refractivity contribution in [2.24, 2.45) is 5.92 Å². The molecule has 0 radical (unpaired) electrons. The maximum Gasteiger partial charge on any atom is 0.309 e. The summed E-state index contributed by atoms with van der Waals surface area (Å²) in [5, 5.41) is 1.07. The molecule has 1 unspecified atom stereocenters. The lowest BCUT2D eigenvalue weighted by Crippen LogP contribution is -2.16. The van der Waals surface area contributed by atoms with Gasteiger partial charge in [-0.3, -0.25) is 4.79 Å². The van der Waals surface area contributed by atoms with Crippen LogP contribution in [-0.4, -0.2) is 12.6 Å². The number of fused-ring (bicyclic) bond motifs is 1. The maximum absolute atomic E-state index is 11.5. The first-order chi connectivity index (χ1) is 8.20. The van der Waals surface area contributed by atoms with E-state index in [0.717, 1.165) is 16.7 Å². The minimum atomic E-state index is -0.173. The average Bonchev–Trinajstić information content (AvgIpc) is 2.71. The SMILES string of the molecule is CCOC(=O)C(C)Cc1cc2ccccc2o1. The summed E-state index contributed by atoms with van der Waals surface area (Å²) in [7, 11) is 0. The lowest BCUT2D eigenvalue weighted by atomic mass is 10.1. The molecule has 17 heavy (non-hydrogen) atoms. The van der Waals surface area contributed by atoms with Crippen molar-refractivity contribution in [1.29, 1.82) is 0 Å². The minimum absolute atomic E-state index is 0.171. The van der Waals surface area contributed by atoms with E-state index in [1.54, 1.807) is 0 Å². The molecule has 1 aromatic carbocycles. The maximum atomic E-state index is 11.5. The molecule has 1 heterocycles. The molecule has 1 atom stereocenters. The Morgan fingerprint density at radius 3 is 2.88 bits per heavy atom. The Morgan fingerprint density at radius 1 is 1.41 bits per heavy atom. The number of furan rings is 1. The molecule has 90 valence electrons. The van der Waals surface area contributed by atoms with Gasteiger partial charge in [-0.05, 0) is 19.1 Å². The Balaban J connectivity index is 2.10. The number of esters is 1. The second kappa shape index (κ2) is 5.04. The van der Waals surface area contributed by atoms with Crippen LogP contribution in [0.2, 0.25) is 0 Å². The smallest absolute Gasteiger partial charge is 0.309 e. The normalized spacial score (nSPS) is 12.6. The van der Waals surface area contributed by atoms with Gasteiger partial charge in [0.15, 0.2) is 0 Å². The third kappa shape index (κ3) is 2.67. The number of carbonyl (C=O) groups excluding carboxylic acids is 1. The summed E-state index contributed by atoms with van der Waals surface area (Å²) >= 11 is 0. The van der Waals surface area contributed by atoms with Gasteiger partial charge >= 0.3 is 5.97 Å². The first-order valence-corrected chi connectivity index (χ1v) is 5.84. The van der Waals surface area contributed by atoms with Gasteiger partial charge in [-0.25, -0.2) is 0 Å². The third-order valence-electron chi connectivity index (χ3n) is 2.67. The first kappa shape index (κ1) is 11.7. The van der Waals surface area contributed by atoms with Crippen molar-refractivity contribution in [2.45, 2.75) is 20.3 Å². The fourth-order valence-corrected chi connectivity index (χ4v) is 1.81. The van der Waals surface area contributed by atoms with Crippen molar-refractivity contribution in [2.75, 3.05) is 6.61 Å². The van der Waals surface area contributed by atoms with Gasteiger partial charge in [-0.15, -0.1) is 0 Å². The highest BCUT2D eigenvalue weighted by Gasteiger charge is 2.16. The summed E-state index contributed by atoms with van der Waals surface area (Å²) in [4.78, 5) is 11.5. The van der Waals surface area contributed by atoms with Crippen molar-refractivity contribution in [3.8, 4) is 0 Å². The summed E-state index contributed by atoms with van der Waals surface area (Å²) in [6.45, 7) is 4.08. The Labute approximate surface area is 100 Å². The molecule has 0 aliphatic heterocycles. The Bertz CT molecular complexity index is 480. The van der Waals surface area contributed by atoms with E-state index in [0.29, 0.717) is 13.0 Å². The van der Waals surface area contributed by atoms with Crippen molar-refractivity contribution in [1.82, 2.24) is 0 Å². The number of para-hydroxylation sites is 1. The van der Waals surface area contributed by atoms with E-state index in [2.05, 4.69) is 0 Å². The van der Waals surface area contributed by atoms with Gasteiger partial charge in [0.25, 0.3) is 0 Å². The highest BCUT2D eigenvalue weighted by Crippen LogP contribution is 2.21. The zero-order chi connectivity index (χ0) is 12.3. The second-order valence-electron chi connectivity index (χ2n) is 4.11. The summed E-state index contributed by atoms with van der Waals surface area (Å²) in [6, 6.07) is 9.80. The standard InChI is InChI=1S/C14H16O3/c1-3-16-14(15)10(2)8-12-9-11-6-4-5-7-13(11)17-12/h4-7,9-10H,3,8H2,1-2H3. The van der Waals surface area contributed by atoms with E-state index in [9.17, 15) is 4.79 Å². The molecule has 0 spiro atoms. The van der Waals surface area contributed by atoms with Crippen molar-refractivity contribution < 1.29 is 13.9 Å². The van der Waals surface area contributed by atoms with E-state index in [1.165, 1.54) is 0 Å². The number of carbonyl (C=O) groups is 1. The molecule has 0 N–H and O–H groups in total. The molecular weight excluding hydrogens is 216 g/mol. The van der Waals surface area contributed by atoms with Crippen molar-refractivity contribution >= 4 is 16.9 Å². The number of benzene rings is 1. The molecule has 0 aliphatic rings. The van der Waals surface area contributed by atoms with E-state index in [-0.39, 0.29) is 11.9 Å². The molecular formula is C14H16O3. The van der Waals surface area contributed by atoms with Gasteiger partial charge in [0.05, 0.1) is 12.5 Å². The Kier molecular flexibility index (Phi) is 3.47. The van der Waals surface area contributed by atoms with Crippen molar-refractivity contribution in [3.05, 3.63) is 36.1 Å². The van der Waals surface area contributed by atoms with Crippen LogP contribution >= 0.6 is 0 Å². The van der Waals surface area contributed by atoms with Crippen LogP contribution in [-0.2, 0) is 16.0 Å². The van der Waals surface area contributed by atoms with E-state index in [1.807, 2.05) is 44.2 Å². The van der Waals surface area contributed by atoms with Crippen LogP contribution in [0.25, 0.3) is 11.0 Å². The predicted molar refractivity (Wildman–Crippen MR) is 65.7 cm³/mol. The van der Waals surface area contributed by atoms with Crippen LogP contribution in [0.4, 0.5) is 0 Å². The van der Waals surface area contributed by atoms with Gasteiger partial charge in [0.2, 0.25) is 0 Å². The van der Waals surface area contributed by atoms with Gasteiger partial charge < -0.3 is 9.15 Å². The minimum Gasteiger partial charge on any atom is -0.466 e. The summed E-state index contributed by atoms with van der Waals surface area (Å²) in [5.41, 5.74) is 0.860. The molecule has 3 heteroatoms. The number of hydrogen-bond donors (Lipinski definition) is 0.